The standard InChI is InChI=1S/C7H14N2/c8-7-2-5-1-6(5)3-9-4-7/h5-7,9H,1-4,8H2/t5-,6+,7+/m1/s1. The van der Waals surface area contributed by atoms with Gasteiger partial charge < -0.3 is 11.1 Å². The highest BCUT2D eigenvalue weighted by atomic mass is 14.9. The smallest absolute Gasteiger partial charge is 0.0168 e. The molecule has 2 rings (SSSR count). The van der Waals surface area contributed by atoms with Crippen molar-refractivity contribution in [2.75, 3.05) is 13.1 Å². The van der Waals surface area contributed by atoms with E-state index in [1.165, 1.54) is 19.4 Å². The van der Waals surface area contributed by atoms with Crippen molar-refractivity contribution in [2.24, 2.45) is 17.6 Å². The number of fused-ring (bicyclic) bond motifs is 1. The highest BCUT2D eigenvalue weighted by Crippen LogP contribution is 2.42. The van der Waals surface area contributed by atoms with Crippen molar-refractivity contribution in [1.82, 2.24) is 5.32 Å². The number of nitrogens with one attached hydrogen (secondary N) is 1. The molecule has 1 aliphatic carbocycles. The fourth-order valence-corrected chi connectivity index (χ4v) is 1.78. The van der Waals surface area contributed by atoms with Gasteiger partial charge in [-0.05, 0) is 31.2 Å². The van der Waals surface area contributed by atoms with Crippen molar-refractivity contribution >= 4 is 0 Å². The Balaban J connectivity index is 1.92. The van der Waals surface area contributed by atoms with Gasteiger partial charge in [-0.15, -0.1) is 0 Å². The van der Waals surface area contributed by atoms with Gasteiger partial charge in [-0.1, -0.05) is 0 Å². The van der Waals surface area contributed by atoms with E-state index in [0.29, 0.717) is 6.04 Å². The maximum atomic E-state index is 5.79. The Morgan fingerprint density at radius 2 is 2.00 bits per heavy atom. The van der Waals surface area contributed by atoms with E-state index in [2.05, 4.69) is 5.32 Å². The second-order valence-corrected chi connectivity index (χ2v) is 3.41. The first kappa shape index (κ1) is 5.69. The normalized spacial score (nSPS) is 49.7. The fraction of sp³-hybridized carbons (Fsp3) is 1.00. The lowest BCUT2D eigenvalue weighted by atomic mass is 10.1. The molecule has 1 saturated heterocycles. The summed E-state index contributed by atoms with van der Waals surface area (Å²) in [6.45, 7) is 2.26. The van der Waals surface area contributed by atoms with Crippen LogP contribution < -0.4 is 11.1 Å². The molecule has 2 fully saturated rings. The third-order valence-corrected chi connectivity index (χ3v) is 2.49. The largest absolute Gasteiger partial charge is 0.327 e. The first-order chi connectivity index (χ1) is 4.36. The Labute approximate surface area is 55.8 Å². The fourth-order valence-electron chi connectivity index (χ4n) is 1.78. The Kier molecular flexibility index (Phi) is 1.24. The van der Waals surface area contributed by atoms with Crippen LogP contribution in [-0.2, 0) is 0 Å². The molecular formula is C7H14N2. The quantitative estimate of drug-likeness (QED) is 0.477. The van der Waals surface area contributed by atoms with E-state index >= 15 is 0 Å². The summed E-state index contributed by atoms with van der Waals surface area (Å²) in [6, 6.07) is 0.433. The van der Waals surface area contributed by atoms with E-state index in [9.17, 15) is 0 Å². The molecule has 3 atom stereocenters. The molecular weight excluding hydrogens is 112 g/mol. The van der Waals surface area contributed by atoms with Gasteiger partial charge in [0.25, 0.3) is 0 Å². The average molecular weight is 126 g/mol. The van der Waals surface area contributed by atoms with Gasteiger partial charge in [0.2, 0.25) is 0 Å². The number of nitrogens with two attached hydrogens (primary N) is 1. The zero-order valence-electron chi connectivity index (χ0n) is 5.64. The van der Waals surface area contributed by atoms with E-state index in [0.717, 1.165) is 18.4 Å². The van der Waals surface area contributed by atoms with Crippen LogP contribution in [0.4, 0.5) is 0 Å². The van der Waals surface area contributed by atoms with Crippen LogP contribution in [0, 0.1) is 11.8 Å². The predicted molar refractivity (Wildman–Crippen MR) is 37.1 cm³/mol. The summed E-state index contributed by atoms with van der Waals surface area (Å²) >= 11 is 0. The summed E-state index contributed by atoms with van der Waals surface area (Å²) in [7, 11) is 0. The van der Waals surface area contributed by atoms with Gasteiger partial charge in [0.05, 0.1) is 0 Å². The summed E-state index contributed by atoms with van der Waals surface area (Å²) < 4.78 is 0. The van der Waals surface area contributed by atoms with Crippen LogP contribution in [0.5, 0.6) is 0 Å². The molecule has 2 heteroatoms. The van der Waals surface area contributed by atoms with Crippen LogP contribution in [0.15, 0.2) is 0 Å². The maximum Gasteiger partial charge on any atom is 0.0168 e. The van der Waals surface area contributed by atoms with Crippen LogP contribution >= 0.6 is 0 Å². The van der Waals surface area contributed by atoms with Crippen molar-refractivity contribution < 1.29 is 0 Å². The monoisotopic (exact) mass is 126 g/mol. The van der Waals surface area contributed by atoms with Crippen molar-refractivity contribution in [3.63, 3.8) is 0 Å². The molecule has 2 nitrogen and oxygen atoms in total. The molecule has 0 unspecified atom stereocenters. The summed E-state index contributed by atoms with van der Waals surface area (Å²) in [6.07, 6.45) is 2.69. The average Bonchev–Trinajstić information content (AvgIpc) is 2.43. The van der Waals surface area contributed by atoms with Crippen LogP contribution in [-0.4, -0.2) is 19.1 Å². The summed E-state index contributed by atoms with van der Waals surface area (Å²) in [5.74, 6) is 1.97. The van der Waals surface area contributed by atoms with Crippen molar-refractivity contribution in [1.29, 1.82) is 0 Å². The van der Waals surface area contributed by atoms with Crippen molar-refractivity contribution in [3.8, 4) is 0 Å². The molecule has 0 bridgehead atoms. The van der Waals surface area contributed by atoms with Gasteiger partial charge in [0.15, 0.2) is 0 Å². The Morgan fingerprint density at radius 1 is 1.11 bits per heavy atom. The molecule has 0 aromatic carbocycles. The Bertz CT molecular complexity index is 113. The lowest BCUT2D eigenvalue weighted by molar-refractivity contribution is 0.562. The molecule has 0 aromatic rings. The highest BCUT2D eigenvalue weighted by Gasteiger charge is 2.38. The van der Waals surface area contributed by atoms with Gasteiger partial charge in [-0.3, -0.25) is 0 Å². The summed E-state index contributed by atoms with van der Waals surface area (Å²) in [5.41, 5.74) is 5.79. The first-order valence-electron chi connectivity index (χ1n) is 3.82. The van der Waals surface area contributed by atoms with E-state index in [1.54, 1.807) is 0 Å². The molecule has 1 saturated carbocycles. The second-order valence-electron chi connectivity index (χ2n) is 3.41. The number of hydrogen-bond donors (Lipinski definition) is 2. The van der Waals surface area contributed by atoms with Crippen LogP contribution in [0.2, 0.25) is 0 Å². The number of hydrogen-bond acceptors (Lipinski definition) is 2. The van der Waals surface area contributed by atoms with E-state index in [1.807, 2.05) is 0 Å². The SMILES string of the molecule is N[C@@H]1CNC[C@@H]2C[C@@H]2C1. The molecule has 9 heavy (non-hydrogen) atoms. The number of rotatable bonds is 0. The zero-order valence-corrected chi connectivity index (χ0v) is 5.64. The molecule has 1 aliphatic heterocycles. The molecule has 0 radical (unpaired) electrons. The van der Waals surface area contributed by atoms with Crippen molar-refractivity contribution in [2.45, 2.75) is 18.9 Å². The van der Waals surface area contributed by atoms with Crippen molar-refractivity contribution in [3.05, 3.63) is 0 Å². The van der Waals surface area contributed by atoms with Gasteiger partial charge in [0.1, 0.15) is 0 Å². The zero-order chi connectivity index (χ0) is 6.27. The van der Waals surface area contributed by atoms with Crippen LogP contribution in [0.1, 0.15) is 12.8 Å². The van der Waals surface area contributed by atoms with Crippen LogP contribution in [0.3, 0.4) is 0 Å². The van der Waals surface area contributed by atoms with E-state index in [4.69, 9.17) is 5.73 Å². The minimum Gasteiger partial charge on any atom is -0.327 e. The van der Waals surface area contributed by atoms with E-state index in [-0.39, 0.29) is 0 Å². The third-order valence-electron chi connectivity index (χ3n) is 2.49. The molecule has 52 valence electrons. The van der Waals surface area contributed by atoms with Gasteiger partial charge in [0, 0.05) is 12.6 Å². The lowest BCUT2D eigenvalue weighted by Gasteiger charge is -2.06. The summed E-state index contributed by atoms with van der Waals surface area (Å²) in [4.78, 5) is 0. The first-order valence-corrected chi connectivity index (χ1v) is 3.82. The van der Waals surface area contributed by atoms with Gasteiger partial charge in [-0.2, -0.15) is 0 Å². The molecule has 2 aliphatic rings. The molecule has 0 amide bonds. The molecule has 0 spiro atoms. The van der Waals surface area contributed by atoms with Crippen LogP contribution in [0.25, 0.3) is 0 Å². The summed E-state index contributed by atoms with van der Waals surface area (Å²) in [5, 5.41) is 3.36. The second kappa shape index (κ2) is 1.96. The Morgan fingerprint density at radius 3 is 2.89 bits per heavy atom. The molecule has 3 N–H and O–H groups in total. The lowest BCUT2D eigenvalue weighted by Crippen LogP contribution is -2.32. The Hall–Kier alpha value is -0.0800. The topological polar surface area (TPSA) is 38.0 Å². The third kappa shape index (κ3) is 1.10. The minimum atomic E-state index is 0.433. The molecule has 0 aromatic heterocycles. The predicted octanol–water partition coefficient (Wildman–Crippen LogP) is -0.0569. The van der Waals surface area contributed by atoms with Gasteiger partial charge in [-0.25, -0.2) is 0 Å². The van der Waals surface area contributed by atoms with E-state index < -0.39 is 0 Å². The highest BCUT2D eigenvalue weighted by molar-refractivity contribution is 4.93. The molecule has 1 heterocycles. The van der Waals surface area contributed by atoms with Gasteiger partial charge >= 0.3 is 0 Å². The minimum absolute atomic E-state index is 0.433. The maximum absolute atomic E-state index is 5.79.